The molecule has 0 spiro atoms. The average molecular weight is 173 g/mol. The first-order chi connectivity index (χ1) is 6.34. The normalized spacial score (nSPS) is 10.6. The molecule has 0 saturated heterocycles. The summed E-state index contributed by atoms with van der Waals surface area (Å²) in [4.78, 5) is 4.85. The second kappa shape index (κ2) is 5.00. The third-order valence-corrected chi connectivity index (χ3v) is 1.54. The fraction of sp³-hybridized carbons (Fsp3) is 0.182. The summed E-state index contributed by atoms with van der Waals surface area (Å²) in [6.45, 7) is 2.09. The van der Waals surface area contributed by atoms with Gasteiger partial charge in [-0.05, 0) is 12.5 Å². The zero-order chi connectivity index (χ0) is 9.52. The molecule has 1 aromatic carbocycles. The number of benzene rings is 1. The maximum absolute atomic E-state index is 5.01. The van der Waals surface area contributed by atoms with Crippen LogP contribution in [0.3, 0.4) is 0 Å². The van der Waals surface area contributed by atoms with Crippen LogP contribution in [0.2, 0.25) is 0 Å². The van der Waals surface area contributed by atoms with E-state index in [0.29, 0.717) is 0 Å². The Labute approximate surface area is 78.2 Å². The van der Waals surface area contributed by atoms with E-state index in [2.05, 4.69) is 11.1 Å². The van der Waals surface area contributed by atoms with Crippen molar-refractivity contribution in [3.05, 3.63) is 35.9 Å². The van der Waals surface area contributed by atoms with Gasteiger partial charge in [-0.3, -0.25) is 0 Å². The van der Waals surface area contributed by atoms with Crippen LogP contribution in [0.4, 0.5) is 0 Å². The van der Waals surface area contributed by atoms with Gasteiger partial charge in [0.05, 0.1) is 5.71 Å². The van der Waals surface area contributed by atoms with E-state index >= 15 is 0 Å². The summed E-state index contributed by atoms with van der Waals surface area (Å²) in [6.07, 6.45) is 5.01. The molecule has 66 valence electrons. The fourth-order valence-electron chi connectivity index (χ4n) is 0.898. The van der Waals surface area contributed by atoms with E-state index in [1.54, 1.807) is 0 Å². The molecule has 0 N–H and O–H groups in total. The van der Waals surface area contributed by atoms with Crippen molar-refractivity contribution >= 4 is 5.71 Å². The van der Waals surface area contributed by atoms with Crippen LogP contribution in [0.25, 0.3) is 0 Å². The van der Waals surface area contributed by atoms with Crippen LogP contribution in [0.15, 0.2) is 35.5 Å². The lowest BCUT2D eigenvalue weighted by Gasteiger charge is -1.98. The second-order valence-corrected chi connectivity index (χ2v) is 2.52. The molecular weight excluding hydrogens is 162 g/mol. The summed E-state index contributed by atoms with van der Waals surface area (Å²) in [5.74, 6) is 2.35. The number of nitrogens with zero attached hydrogens (tertiary/aromatic N) is 1. The fourth-order valence-corrected chi connectivity index (χ4v) is 0.898. The van der Waals surface area contributed by atoms with Crippen molar-refractivity contribution in [2.45, 2.75) is 6.92 Å². The third kappa shape index (κ3) is 3.00. The minimum atomic E-state index is 0.212. The molecule has 0 atom stereocenters. The molecule has 0 aliphatic heterocycles. The van der Waals surface area contributed by atoms with E-state index in [1.807, 2.05) is 37.3 Å². The number of hydrogen-bond donors (Lipinski definition) is 0. The van der Waals surface area contributed by atoms with Gasteiger partial charge in [-0.1, -0.05) is 41.4 Å². The molecule has 1 rings (SSSR count). The number of hydrogen-bond acceptors (Lipinski definition) is 2. The van der Waals surface area contributed by atoms with E-state index < -0.39 is 0 Å². The molecule has 2 nitrogen and oxygen atoms in total. The molecule has 0 aliphatic carbocycles. The number of terminal acetylenes is 1. The predicted octanol–water partition coefficient (Wildman–Crippen LogP) is 2.06. The van der Waals surface area contributed by atoms with Gasteiger partial charge in [0.15, 0.2) is 6.61 Å². The van der Waals surface area contributed by atoms with E-state index in [1.165, 1.54) is 0 Å². The van der Waals surface area contributed by atoms with Gasteiger partial charge in [0.25, 0.3) is 0 Å². The van der Waals surface area contributed by atoms with Gasteiger partial charge in [0.2, 0.25) is 0 Å². The van der Waals surface area contributed by atoms with Crippen molar-refractivity contribution in [1.29, 1.82) is 0 Å². The van der Waals surface area contributed by atoms with E-state index in [0.717, 1.165) is 11.3 Å². The summed E-state index contributed by atoms with van der Waals surface area (Å²) >= 11 is 0. The molecular formula is C11H11NO. The summed E-state index contributed by atoms with van der Waals surface area (Å²) in [5, 5.41) is 3.86. The van der Waals surface area contributed by atoms with Gasteiger partial charge < -0.3 is 4.84 Å². The molecule has 0 fully saturated rings. The zero-order valence-electron chi connectivity index (χ0n) is 7.53. The van der Waals surface area contributed by atoms with Crippen LogP contribution in [-0.4, -0.2) is 12.3 Å². The highest BCUT2D eigenvalue weighted by Crippen LogP contribution is 2.00. The Balaban J connectivity index is 2.63. The van der Waals surface area contributed by atoms with Crippen molar-refractivity contribution < 1.29 is 4.84 Å². The summed E-state index contributed by atoms with van der Waals surface area (Å²) in [5.41, 5.74) is 1.87. The lowest BCUT2D eigenvalue weighted by atomic mass is 10.1. The monoisotopic (exact) mass is 173 g/mol. The minimum absolute atomic E-state index is 0.212. The Bertz CT molecular complexity index is 322. The maximum atomic E-state index is 5.01. The van der Waals surface area contributed by atoms with Gasteiger partial charge in [-0.15, -0.1) is 6.42 Å². The van der Waals surface area contributed by atoms with Crippen LogP contribution < -0.4 is 0 Å². The van der Waals surface area contributed by atoms with Crippen molar-refractivity contribution in [1.82, 2.24) is 0 Å². The highest BCUT2D eigenvalue weighted by atomic mass is 16.6. The van der Waals surface area contributed by atoms with Gasteiger partial charge >= 0.3 is 0 Å². The molecule has 0 aromatic heterocycles. The molecule has 0 radical (unpaired) electrons. The molecule has 0 amide bonds. The number of oxime groups is 1. The van der Waals surface area contributed by atoms with Gasteiger partial charge in [-0.25, -0.2) is 0 Å². The Morgan fingerprint density at radius 3 is 2.77 bits per heavy atom. The lowest BCUT2D eigenvalue weighted by molar-refractivity contribution is 0.180. The highest BCUT2D eigenvalue weighted by molar-refractivity contribution is 5.98. The van der Waals surface area contributed by atoms with Crippen LogP contribution in [0.5, 0.6) is 0 Å². The number of rotatable bonds is 3. The van der Waals surface area contributed by atoms with Crippen LogP contribution >= 0.6 is 0 Å². The Morgan fingerprint density at radius 2 is 2.15 bits per heavy atom. The van der Waals surface area contributed by atoms with Gasteiger partial charge in [0, 0.05) is 0 Å². The van der Waals surface area contributed by atoms with Crippen molar-refractivity contribution in [2.24, 2.45) is 5.16 Å². The first-order valence-electron chi connectivity index (χ1n) is 4.00. The zero-order valence-corrected chi connectivity index (χ0v) is 7.53. The molecule has 13 heavy (non-hydrogen) atoms. The molecule has 2 heteroatoms. The van der Waals surface area contributed by atoms with Crippen molar-refractivity contribution in [2.75, 3.05) is 6.61 Å². The summed E-state index contributed by atoms with van der Waals surface area (Å²) in [7, 11) is 0. The molecule has 0 unspecified atom stereocenters. The first-order valence-corrected chi connectivity index (χ1v) is 4.00. The third-order valence-electron chi connectivity index (χ3n) is 1.54. The topological polar surface area (TPSA) is 21.6 Å². The van der Waals surface area contributed by atoms with Crippen molar-refractivity contribution in [3.8, 4) is 12.3 Å². The minimum Gasteiger partial charge on any atom is -0.382 e. The largest absolute Gasteiger partial charge is 0.382 e. The van der Waals surface area contributed by atoms with Crippen LogP contribution in [0.1, 0.15) is 12.5 Å². The lowest BCUT2D eigenvalue weighted by Crippen LogP contribution is -1.95. The Kier molecular flexibility index (Phi) is 3.59. The van der Waals surface area contributed by atoms with Crippen LogP contribution in [-0.2, 0) is 4.84 Å². The maximum Gasteiger partial charge on any atom is 0.177 e. The SMILES string of the molecule is C#CCO/N=C(/C)c1ccccc1. The van der Waals surface area contributed by atoms with E-state index in [-0.39, 0.29) is 6.61 Å². The van der Waals surface area contributed by atoms with E-state index in [4.69, 9.17) is 11.3 Å². The van der Waals surface area contributed by atoms with E-state index in [9.17, 15) is 0 Å². The first kappa shape index (κ1) is 9.34. The smallest absolute Gasteiger partial charge is 0.177 e. The molecule has 0 saturated carbocycles. The van der Waals surface area contributed by atoms with Crippen LogP contribution in [0, 0.1) is 12.3 Å². The van der Waals surface area contributed by atoms with Gasteiger partial charge in [0.1, 0.15) is 0 Å². The Morgan fingerprint density at radius 1 is 1.46 bits per heavy atom. The highest BCUT2D eigenvalue weighted by Gasteiger charge is 1.94. The van der Waals surface area contributed by atoms with Crippen molar-refractivity contribution in [3.63, 3.8) is 0 Å². The molecule has 1 aromatic rings. The second-order valence-electron chi connectivity index (χ2n) is 2.52. The Hall–Kier alpha value is -1.75. The standard InChI is InChI=1S/C11H11NO/c1-3-9-13-12-10(2)11-7-5-4-6-8-11/h1,4-8H,9H2,2H3/b12-10-. The van der Waals surface area contributed by atoms with Gasteiger partial charge in [-0.2, -0.15) is 0 Å². The quantitative estimate of drug-likeness (QED) is 0.297. The summed E-state index contributed by atoms with van der Waals surface area (Å²) < 4.78 is 0. The molecule has 0 bridgehead atoms. The predicted molar refractivity (Wildman–Crippen MR) is 53.4 cm³/mol. The molecule has 0 aliphatic rings. The molecule has 0 heterocycles. The summed E-state index contributed by atoms with van der Waals surface area (Å²) in [6, 6.07) is 9.81. The average Bonchev–Trinajstić information content (AvgIpc) is 2.19.